The minimum absolute atomic E-state index is 0.0121. The van der Waals surface area contributed by atoms with Crippen LogP contribution in [0.5, 0.6) is 0 Å². The third-order valence-corrected chi connectivity index (χ3v) is 7.64. The van der Waals surface area contributed by atoms with Crippen LogP contribution >= 0.6 is 11.6 Å². The molecular formula is C23H28ClN3O2. The summed E-state index contributed by atoms with van der Waals surface area (Å²) in [5.41, 5.74) is 3.34. The van der Waals surface area contributed by atoms with Crippen LogP contribution in [0.25, 0.3) is 10.9 Å². The molecule has 6 heteroatoms. The number of benzene rings is 1. The Kier molecular flexibility index (Phi) is 4.32. The lowest BCUT2D eigenvalue weighted by Gasteiger charge is -2.60. The monoisotopic (exact) mass is 413 g/mol. The molecule has 0 saturated heterocycles. The van der Waals surface area contributed by atoms with Crippen molar-refractivity contribution in [3.63, 3.8) is 0 Å². The Morgan fingerprint density at radius 3 is 2.59 bits per heavy atom. The standard InChI is InChI=1S/C23H28ClN3O2/c1-14(2)20-25-18-6-4-3-5-17(18)21(29)27(20)26-19(28)12-22-8-15-7-16(9-22)11-23(24,10-15)13-22/h3-6,14-16H,7-13H2,1-2H3,(H,26,28). The smallest absolute Gasteiger partial charge is 0.273 e. The van der Waals surface area contributed by atoms with Gasteiger partial charge in [0.05, 0.1) is 10.9 Å². The van der Waals surface area contributed by atoms with E-state index < -0.39 is 0 Å². The van der Waals surface area contributed by atoms with Crippen LogP contribution in [-0.4, -0.2) is 20.4 Å². The third-order valence-electron chi connectivity index (χ3n) is 7.20. The van der Waals surface area contributed by atoms with Crippen molar-refractivity contribution < 1.29 is 4.79 Å². The summed E-state index contributed by atoms with van der Waals surface area (Å²) in [6.07, 6.45) is 7.00. The van der Waals surface area contributed by atoms with Gasteiger partial charge in [0.25, 0.3) is 5.56 Å². The Morgan fingerprint density at radius 1 is 1.24 bits per heavy atom. The van der Waals surface area contributed by atoms with Crippen LogP contribution in [0.2, 0.25) is 0 Å². The van der Waals surface area contributed by atoms with Gasteiger partial charge in [-0.3, -0.25) is 15.0 Å². The number of aromatic nitrogens is 2. The summed E-state index contributed by atoms with van der Waals surface area (Å²) in [4.78, 5) is 30.8. The van der Waals surface area contributed by atoms with Crippen molar-refractivity contribution in [1.29, 1.82) is 0 Å². The fraction of sp³-hybridized carbons (Fsp3) is 0.609. The zero-order valence-electron chi connectivity index (χ0n) is 17.1. The van der Waals surface area contributed by atoms with E-state index in [1.165, 1.54) is 11.1 Å². The highest BCUT2D eigenvalue weighted by atomic mass is 35.5. The molecule has 1 heterocycles. The summed E-state index contributed by atoms with van der Waals surface area (Å²) in [7, 11) is 0. The van der Waals surface area contributed by atoms with Gasteiger partial charge in [-0.05, 0) is 67.9 Å². The number of carbonyl (C=O) groups excluding carboxylic acids is 1. The molecule has 2 aromatic rings. The quantitative estimate of drug-likeness (QED) is 0.747. The molecule has 2 atom stereocenters. The van der Waals surface area contributed by atoms with Gasteiger partial charge in [0, 0.05) is 17.2 Å². The number of amides is 1. The minimum Gasteiger partial charge on any atom is -0.273 e. The van der Waals surface area contributed by atoms with Gasteiger partial charge in [0.1, 0.15) is 5.82 Å². The summed E-state index contributed by atoms with van der Waals surface area (Å²) in [5.74, 6) is 1.80. The van der Waals surface area contributed by atoms with Crippen LogP contribution in [0, 0.1) is 17.3 Å². The maximum Gasteiger partial charge on any atom is 0.280 e. The highest BCUT2D eigenvalue weighted by Crippen LogP contribution is 2.64. The van der Waals surface area contributed by atoms with E-state index in [-0.39, 0.29) is 27.7 Å². The molecule has 4 saturated carbocycles. The van der Waals surface area contributed by atoms with E-state index in [1.54, 1.807) is 6.07 Å². The summed E-state index contributed by atoms with van der Waals surface area (Å²) >= 11 is 6.92. The third kappa shape index (κ3) is 3.27. The number of carbonyl (C=O) groups is 1. The second-order valence-corrected chi connectivity index (χ2v) is 10.9. The van der Waals surface area contributed by atoms with Gasteiger partial charge >= 0.3 is 0 Å². The minimum atomic E-state index is -0.216. The van der Waals surface area contributed by atoms with E-state index in [2.05, 4.69) is 10.4 Å². The van der Waals surface area contributed by atoms with Crippen molar-refractivity contribution in [3.05, 3.63) is 40.4 Å². The van der Waals surface area contributed by atoms with Crippen LogP contribution < -0.4 is 11.0 Å². The van der Waals surface area contributed by atoms with Gasteiger partial charge in [0.15, 0.2) is 0 Å². The molecule has 6 rings (SSSR count). The van der Waals surface area contributed by atoms with Gasteiger partial charge < -0.3 is 0 Å². The highest BCUT2D eigenvalue weighted by Gasteiger charge is 2.57. The van der Waals surface area contributed by atoms with E-state index in [0.717, 1.165) is 32.1 Å². The number of nitrogens with zero attached hydrogens (tertiary/aromatic N) is 2. The largest absolute Gasteiger partial charge is 0.280 e. The molecule has 0 aliphatic heterocycles. The fourth-order valence-corrected chi connectivity index (χ4v) is 7.41. The van der Waals surface area contributed by atoms with Crippen molar-refractivity contribution in [2.75, 3.05) is 5.43 Å². The van der Waals surface area contributed by atoms with Crippen molar-refractivity contribution in [2.24, 2.45) is 17.3 Å². The first kappa shape index (κ1) is 19.1. The first-order valence-electron chi connectivity index (χ1n) is 10.8. The number of fused-ring (bicyclic) bond motifs is 1. The van der Waals surface area contributed by atoms with E-state index in [1.807, 2.05) is 32.0 Å². The number of halogens is 1. The second-order valence-electron chi connectivity index (χ2n) is 10.1. The van der Waals surface area contributed by atoms with E-state index in [0.29, 0.717) is 35.0 Å². The molecule has 1 N–H and O–H groups in total. The Hall–Kier alpha value is -1.88. The summed E-state index contributed by atoms with van der Waals surface area (Å²) in [5, 5.41) is 0.520. The van der Waals surface area contributed by atoms with Gasteiger partial charge in [-0.15, -0.1) is 11.6 Å². The first-order chi connectivity index (χ1) is 13.8. The second kappa shape index (κ2) is 6.56. The number of nitrogens with one attached hydrogen (secondary N) is 1. The first-order valence-corrected chi connectivity index (χ1v) is 11.1. The molecule has 1 aromatic carbocycles. The summed E-state index contributed by atoms with van der Waals surface area (Å²) in [6, 6.07) is 7.29. The lowest BCUT2D eigenvalue weighted by atomic mass is 9.48. The average Bonchev–Trinajstić information content (AvgIpc) is 2.61. The fourth-order valence-electron chi connectivity index (χ4n) is 6.69. The van der Waals surface area contributed by atoms with Crippen molar-refractivity contribution >= 4 is 28.4 Å². The Balaban J connectivity index is 1.44. The Morgan fingerprint density at radius 2 is 1.93 bits per heavy atom. The molecule has 4 aliphatic carbocycles. The topological polar surface area (TPSA) is 64.0 Å². The summed E-state index contributed by atoms with van der Waals surface area (Å²) < 4.78 is 1.37. The van der Waals surface area contributed by atoms with E-state index in [9.17, 15) is 9.59 Å². The molecule has 29 heavy (non-hydrogen) atoms. The lowest BCUT2D eigenvalue weighted by Crippen LogP contribution is -2.54. The molecule has 4 aliphatic rings. The zero-order valence-corrected chi connectivity index (χ0v) is 17.8. The van der Waals surface area contributed by atoms with Crippen molar-refractivity contribution in [3.8, 4) is 0 Å². The zero-order chi connectivity index (χ0) is 20.4. The van der Waals surface area contributed by atoms with Crippen molar-refractivity contribution in [2.45, 2.75) is 69.6 Å². The molecule has 154 valence electrons. The van der Waals surface area contributed by atoms with Crippen LogP contribution in [0.4, 0.5) is 0 Å². The summed E-state index contributed by atoms with van der Waals surface area (Å²) in [6.45, 7) is 3.96. The molecule has 1 amide bonds. The molecule has 2 unspecified atom stereocenters. The maximum atomic E-state index is 13.1. The molecular weight excluding hydrogens is 386 g/mol. The van der Waals surface area contributed by atoms with E-state index in [4.69, 9.17) is 11.6 Å². The number of hydrogen-bond donors (Lipinski definition) is 1. The van der Waals surface area contributed by atoms with Gasteiger partial charge in [-0.1, -0.05) is 26.0 Å². The number of alkyl halides is 1. The van der Waals surface area contributed by atoms with Crippen molar-refractivity contribution in [1.82, 2.24) is 9.66 Å². The van der Waals surface area contributed by atoms with E-state index >= 15 is 0 Å². The predicted octanol–water partition coefficient (Wildman–Crippen LogP) is 4.56. The predicted molar refractivity (Wildman–Crippen MR) is 115 cm³/mol. The average molecular weight is 414 g/mol. The van der Waals surface area contributed by atoms with Crippen LogP contribution in [0.15, 0.2) is 29.1 Å². The molecule has 0 spiro atoms. The molecule has 1 aromatic heterocycles. The van der Waals surface area contributed by atoms with Crippen LogP contribution in [0.1, 0.15) is 70.5 Å². The maximum absolute atomic E-state index is 13.1. The number of para-hydroxylation sites is 1. The van der Waals surface area contributed by atoms with Gasteiger partial charge in [0.2, 0.25) is 5.91 Å². The SMILES string of the molecule is CC(C)c1nc2ccccc2c(=O)n1NC(=O)CC12CC3CC(CC(Cl)(C3)C1)C2. The van der Waals surface area contributed by atoms with Crippen LogP contribution in [-0.2, 0) is 4.79 Å². The van der Waals surface area contributed by atoms with Crippen LogP contribution in [0.3, 0.4) is 0 Å². The molecule has 4 bridgehead atoms. The normalized spacial score (nSPS) is 32.8. The Bertz CT molecular complexity index is 1030. The Labute approximate surface area is 175 Å². The number of hydrogen-bond acceptors (Lipinski definition) is 3. The molecule has 4 fully saturated rings. The lowest BCUT2D eigenvalue weighted by molar-refractivity contribution is -0.124. The highest BCUT2D eigenvalue weighted by molar-refractivity contribution is 6.24. The number of rotatable bonds is 4. The van der Waals surface area contributed by atoms with Gasteiger partial charge in [-0.25, -0.2) is 9.66 Å². The molecule has 5 nitrogen and oxygen atoms in total. The molecule has 0 radical (unpaired) electrons. The van der Waals surface area contributed by atoms with Gasteiger partial charge in [-0.2, -0.15) is 0 Å².